The standard InChI is InChI=1S/C16H21Cl2N3/c1-2-7-20-8-5-13(6-9-20)21-15-4-3-12(18)10-14(15)19-16(21)11-17/h3-4,10,13H,2,5-9,11H2,1H3. The van der Waals surface area contributed by atoms with Gasteiger partial charge in [-0.25, -0.2) is 4.98 Å². The van der Waals surface area contributed by atoms with Crippen LogP contribution in [0.15, 0.2) is 18.2 Å². The predicted octanol–water partition coefficient (Wildman–Crippen LogP) is 4.48. The van der Waals surface area contributed by atoms with Gasteiger partial charge >= 0.3 is 0 Å². The molecule has 0 aliphatic carbocycles. The van der Waals surface area contributed by atoms with E-state index in [1.807, 2.05) is 12.1 Å². The number of piperidine rings is 1. The molecule has 0 atom stereocenters. The maximum Gasteiger partial charge on any atom is 0.125 e. The van der Waals surface area contributed by atoms with E-state index in [0.29, 0.717) is 11.9 Å². The zero-order valence-electron chi connectivity index (χ0n) is 12.4. The number of hydrogen-bond acceptors (Lipinski definition) is 2. The Labute approximate surface area is 135 Å². The maximum atomic E-state index is 6.11. The summed E-state index contributed by atoms with van der Waals surface area (Å²) in [4.78, 5) is 7.20. The molecule has 3 rings (SSSR count). The second kappa shape index (κ2) is 6.55. The van der Waals surface area contributed by atoms with Gasteiger partial charge in [-0.2, -0.15) is 0 Å². The summed E-state index contributed by atoms with van der Waals surface area (Å²) >= 11 is 12.2. The highest BCUT2D eigenvalue weighted by Crippen LogP contribution is 2.30. The average Bonchev–Trinajstić information content (AvgIpc) is 2.86. The smallest absolute Gasteiger partial charge is 0.125 e. The summed E-state index contributed by atoms with van der Waals surface area (Å²) in [7, 11) is 0. The minimum atomic E-state index is 0.446. The lowest BCUT2D eigenvalue weighted by Gasteiger charge is -2.33. The number of fused-ring (bicyclic) bond motifs is 1. The van der Waals surface area contributed by atoms with Gasteiger partial charge in [-0.3, -0.25) is 0 Å². The number of benzene rings is 1. The van der Waals surface area contributed by atoms with E-state index >= 15 is 0 Å². The first-order chi connectivity index (χ1) is 10.2. The molecule has 2 aromatic rings. The van der Waals surface area contributed by atoms with Gasteiger partial charge in [-0.15, -0.1) is 11.6 Å². The Morgan fingerprint density at radius 2 is 2.05 bits per heavy atom. The van der Waals surface area contributed by atoms with E-state index in [4.69, 9.17) is 23.2 Å². The molecular formula is C16H21Cl2N3. The minimum Gasteiger partial charge on any atom is -0.324 e. The van der Waals surface area contributed by atoms with E-state index in [2.05, 4.69) is 27.4 Å². The first-order valence-electron chi connectivity index (χ1n) is 7.67. The van der Waals surface area contributed by atoms with Crippen molar-refractivity contribution in [2.45, 2.75) is 38.1 Å². The third-order valence-corrected chi connectivity index (χ3v) is 4.78. The number of imidazole rings is 1. The van der Waals surface area contributed by atoms with Gasteiger partial charge in [0, 0.05) is 24.2 Å². The monoisotopic (exact) mass is 325 g/mol. The van der Waals surface area contributed by atoms with E-state index in [-0.39, 0.29) is 0 Å². The van der Waals surface area contributed by atoms with Gasteiger partial charge < -0.3 is 9.47 Å². The second-order valence-corrected chi connectivity index (χ2v) is 6.44. The molecule has 1 aliphatic rings. The average molecular weight is 326 g/mol. The lowest BCUT2D eigenvalue weighted by Crippen LogP contribution is -2.35. The lowest BCUT2D eigenvalue weighted by atomic mass is 10.0. The van der Waals surface area contributed by atoms with Crippen molar-refractivity contribution in [2.75, 3.05) is 19.6 Å². The van der Waals surface area contributed by atoms with Gasteiger partial charge in [0.25, 0.3) is 0 Å². The topological polar surface area (TPSA) is 21.1 Å². The van der Waals surface area contributed by atoms with Crippen LogP contribution in [0.1, 0.15) is 38.1 Å². The van der Waals surface area contributed by atoms with Crippen LogP contribution in [-0.4, -0.2) is 34.1 Å². The first-order valence-corrected chi connectivity index (χ1v) is 8.59. The molecule has 3 nitrogen and oxygen atoms in total. The molecule has 114 valence electrons. The zero-order chi connectivity index (χ0) is 14.8. The molecule has 2 heterocycles. The summed E-state index contributed by atoms with van der Waals surface area (Å²) in [6.45, 7) is 5.77. The molecule has 0 spiro atoms. The minimum absolute atomic E-state index is 0.446. The Balaban J connectivity index is 1.89. The lowest BCUT2D eigenvalue weighted by molar-refractivity contribution is 0.187. The van der Waals surface area contributed by atoms with E-state index in [1.165, 1.54) is 13.0 Å². The summed E-state index contributed by atoms with van der Waals surface area (Å²) < 4.78 is 2.34. The first kappa shape index (κ1) is 15.1. The number of rotatable bonds is 4. The molecule has 1 saturated heterocycles. The number of aromatic nitrogens is 2. The molecule has 0 saturated carbocycles. The summed E-state index contributed by atoms with van der Waals surface area (Å²) in [6, 6.07) is 6.43. The molecule has 0 N–H and O–H groups in total. The van der Waals surface area contributed by atoms with Crippen molar-refractivity contribution < 1.29 is 0 Å². The molecule has 1 aromatic carbocycles. The molecule has 0 radical (unpaired) electrons. The molecule has 0 bridgehead atoms. The van der Waals surface area contributed by atoms with Crippen molar-refractivity contribution in [1.29, 1.82) is 0 Å². The maximum absolute atomic E-state index is 6.11. The third-order valence-electron chi connectivity index (χ3n) is 4.31. The van der Waals surface area contributed by atoms with Gasteiger partial charge in [0.05, 0.1) is 16.9 Å². The SMILES string of the molecule is CCCN1CCC(n2c(CCl)nc3cc(Cl)ccc32)CC1. The Morgan fingerprint density at radius 3 is 2.71 bits per heavy atom. The van der Waals surface area contributed by atoms with E-state index < -0.39 is 0 Å². The molecular weight excluding hydrogens is 305 g/mol. The van der Waals surface area contributed by atoms with Crippen LogP contribution in [0.3, 0.4) is 0 Å². The van der Waals surface area contributed by atoms with Gasteiger partial charge in [-0.05, 0) is 44.0 Å². The predicted molar refractivity (Wildman–Crippen MR) is 89.3 cm³/mol. The molecule has 5 heteroatoms. The summed E-state index contributed by atoms with van der Waals surface area (Å²) in [5.74, 6) is 1.41. The van der Waals surface area contributed by atoms with Crippen molar-refractivity contribution in [3.63, 3.8) is 0 Å². The highest BCUT2D eigenvalue weighted by atomic mass is 35.5. The Bertz CT molecular complexity index is 615. The van der Waals surface area contributed by atoms with Crippen molar-refractivity contribution in [2.24, 2.45) is 0 Å². The molecule has 1 aromatic heterocycles. The van der Waals surface area contributed by atoms with Gasteiger partial charge in [-0.1, -0.05) is 18.5 Å². The summed E-state index contributed by atoms with van der Waals surface area (Å²) in [6.07, 6.45) is 3.56. The molecule has 0 amide bonds. The highest BCUT2D eigenvalue weighted by Gasteiger charge is 2.23. The molecule has 1 fully saturated rings. The van der Waals surface area contributed by atoms with Crippen LogP contribution >= 0.6 is 23.2 Å². The Morgan fingerprint density at radius 1 is 1.29 bits per heavy atom. The number of likely N-dealkylation sites (tertiary alicyclic amines) is 1. The fourth-order valence-corrected chi connectivity index (χ4v) is 3.70. The van der Waals surface area contributed by atoms with E-state index in [0.717, 1.165) is 47.8 Å². The third kappa shape index (κ3) is 3.05. The van der Waals surface area contributed by atoms with Crippen LogP contribution in [0.4, 0.5) is 0 Å². The van der Waals surface area contributed by atoms with Crippen LogP contribution < -0.4 is 0 Å². The number of alkyl halides is 1. The highest BCUT2D eigenvalue weighted by molar-refractivity contribution is 6.31. The quantitative estimate of drug-likeness (QED) is 0.773. The van der Waals surface area contributed by atoms with Gasteiger partial charge in [0.1, 0.15) is 5.82 Å². The van der Waals surface area contributed by atoms with Gasteiger partial charge in [0.15, 0.2) is 0 Å². The number of halogens is 2. The van der Waals surface area contributed by atoms with Crippen LogP contribution in [0.2, 0.25) is 5.02 Å². The summed E-state index contributed by atoms with van der Waals surface area (Å²) in [5, 5.41) is 0.728. The molecule has 21 heavy (non-hydrogen) atoms. The number of hydrogen-bond donors (Lipinski definition) is 0. The fraction of sp³-hybridized carbons (Fsp3) is 0.562. The largest absolute Gasteiger partial charge is 0.324 e. The Kier molecular flexibility index (Phi) is 4.72. The normalized spacial score (nSPS) is 17.7. The van der Waals surface area contributed by atoms with Crippen LogP contribution in [-0.2, 0) is 5.88 Å². The molecule has 0 unspecified atom stereocenters. The van der Waals surface area contributed by atoms with Crippen molar-refractivity contribution >= 4 is 34.2 Å². The summed E-state index contributed by atoms with van der Waals surface area (Å²) in [5.41, 5.74) is 2.11. The van der Waals surface area contributed by atoms with Crippen LogP contribution in [0, 0.1) is 0 Å². The fourth-order valence-electron chi connectivity index (χ4n) is 3.34. The van der Waals surface area contributed by atoms with Crippen LogP contribution in [0.5, 0.6) is 0 Å². The second-order valence-electron chi connectivity index (χ2n) is 5.74. The number of nitrogens with zero attached hydrogens (tertiary/aromatic N) is 3. The van der Waals surface area contributed by atoms with Crippen LogP contribution in [0.25, 0.3) is 11.0 Å². The van der Waals surface area contributed by atoms with E-state index in [9.17, 15) is 0 Å². The van der Waals surface area contributed by atoms with Crippen molar-refractivity contribution in [1.82, 2.24) is 14.5 Å². The van der Waals surface area contributed by atoms with Crippen molar-refractivity contribution in [3.8, 4) is 0 Å². The molecule has 1 aliphatic heterocycles. The van der Waals surface area contributed by atoms with Crippen molar-refractivity contribution in [3.05, 3.63) is 29.0 Å². The zero-order valence-corrected chi connectivity index (χ0v) is 13.9. The van der Waals surface area contributed by atoms with Gasteiger partial charge in [0.2, 0.25) is 0 Å². The Hall–Kier alpha value is -0.770. The van der Waals surface area contributed by atoms with E-state index in [1.54, 1.807) is 0 Å².